The molecule has 0 bridgehead atoms. The van der Waals surface area contributed by atoms with Crippen LogP contribution in [0.3, 0.4) is 0 Å². The number of aromatic nitrogens is 2. The van der Waals surface area contributed by atoms with Gasteiger partial charge in [-0.05, 0) is 24.5 Å². The van der Waals surface area contributed by atoms with Crippen LogP contribution in [-0.2, 0) is 4.74 Å². The Morgan fingerprint density at radius 2 is 2.04 bits per heavy atom. The van der Waals surface area contributed by atoms with E-state index in [1.54, 1.807) is 0 Å². The number of amides is 1. The maximum atomic E-state index is 12.6. The highest BCUT2D eigenvalue weighted by Crippen LogP contribution is 2.25. The molecule has 2 N–H and O–H groups in total. The second-order valence-corrected chi connectivity index (χ2v) is 7.81. The summed E-state index contributed by atoms with van der Waals surface area (Å²) in [7, 11) is 0. The molecule has 0 unspecified atom stereocenters. The van der Waals surface area contributed by atoms with Crippen molar-refractivity contribution < 1.29 is 9.53 Å². The lowest BCUT2D eigenvalue weighted by Crippen LogP contribution is -2.48. The Bertz CT molecular complexity index is 858. The van der Waals surface area contributed by atoms with Crippen molar-refractivity contribution in [3.63, 3.8) is 0 Å². The number of ether oxygens (including phenoxy) is 1. The highest BCUT2D eigenvalue weighted by Gasteiger charge is 2.38. The summed E-state index contributed by atoms with van der Waals surface area (Å²) in [6.07, 6.45) is 1.13. The molecule has 2 aliphatic heterocycles. The predicted molar refractivity (Wildman–Crippen MR) is 102 cm³/mol. The van der Waals surface area contributed by atoms with E-state index in [1.807, 2.05) is 30.3 Å². The summed E-state index contributed by atoms with van der Waals surface area (Å²) in [6.45, 7) is 6.81. The van der Waals surface area contributed by atoms with Crippen molar-refractivity contribution in [3.05, 3.63) is 52.4 Å². The lowest BCUT2D eigenvalue weighted by Gasteiger charge is -2.36. The minimum Gasteiger partial charge on any atom is -0.375 e. The number of fused-ring (bicyclic) bond motifs is 1. The quantitative estimate of drug-likeness (QED) is 0.853. The lowest BCUT2D eigenvalue weighted by atomic mass is 10.0. The van der Waals surface area contributed by atoms with Crippen LogP contribution in [0.5, 0.6) is 0 Å². The average Bonchev–Trinajstić information content (AvgIpc) is 3.24. The molecule has 2 aliphatic rings. The summed E-state index contributed by atoms with van der Waals surface area (Å²) in [6, 6.07) is 11.0. The van der Waals surface area contributed by atoms with E-state index in [4.69, 9.17) is 4.74 Å². The first kappa shape index (κ1) is 18.0. The van der Waals surface area contributed by atoms with Crippen molar-refractivity contribution in [1.29, 1.82) is 0 Å². The second-order valence-electron chi connectivity index (χ2n) is 7.81. The number of hydrogen-bond acceptors (Lipinski definition) is 4. The monoisotopic (exact) mass is 370 g/mol. The molecule has 0 radical (unpaired) electrons. The third-order valence-electron chi connectivity index (χ3n) is 5.50. The van der Waals surface area contributed by atoms with Crippen LogP contribution in [0.25, 0.3) is 5.69 Å². The number of nitrogens with one attached hydrogen (secondary N) is 2. The smallest absolute Gasteiger partial charge is 0.271 e. The number of rotatable bonds is 4. The van der Waals surface area contributed by atoms with Crippen LogP contribution < -0.4 is 10.9 Å². The minimum absolute atomic E-state index is 0.0700. The molecule has 2 fully saturated rings. The van der Waals surface area contributed by atoms with Crippen LogP contribution in [0.2, 0.25) is 0 Å². The number of nitrogens with zero attached hydrogens (tertiary/aromatic N) is 2. The molecule has 0 spiro atoms. The fourth-order valence-electron chi connectivity index (χ4n) is 3.95. The molecule has 27 heavy (non-hydrogen) atoms. The first-order valence-electron chi connectivity index (χ1n) is 9.55. The van der Waals surface area contributed by atoms with Crippen LogP contribution in [-0.4, -0.2) is 58.5 Å². The van der Waals surface area contributed by atoms with E-state index in [0.717, 1.165) is 26.1 Å². The molecule has 0 saturated carbocycles. The summed E-state index contributed by atoms with van der Waals surface area (Å²) >= 11 is 0. The van der Waals surface area contributed by atoms with Gasteiger partial charge in [-0.2, -0.15) is 0 Å². The van der Waals surface area contributed by atoms with Crippen molar-refractivity contribution in [1.82, 2.24) is 20.0 Å². The number of hydrogen-bond donors (Lipinski definition) is 2. The van der Waals surface area contributed by atoms with E-state index in [1.165, 1.54) is 10.7 Å². The lowest BCUT2D eigenvalue weighted by molar-refractivity contribution is -0.0683. The number of carbonyl (C=O) groups excluding carboxylic acids is 1. The molecule has 4 rings (SSSR count). The van der Waals surface area contributed by atoms with Gasteiger partial charge in [-0.25, -0.2) is 4.68 Å². The molecule has 2 saturated heterocycles. The number of H-pyrrole nitrogens is 1. The van der Waals surface area contributed by atoms with E-state index in [9.17, 15) is 9.59 Å². The molecule has 3 atom stereocenters. The maximum Gasteiger partial charge on any atom is 0.271 e. The largest absolute Gasteiger partial charge is 0.375 e. The zero-order chi connectivity index (χ0) is 19.0. The van der Waals surface area contributed by atoms with E-state index in [2.05, 4.69) is 29.2 Å². The first-order chi connectivity index (χ1) is 13.0. The molecule has 0 aliphatic carbocycles. The summed E-state index contributed by atoms with van der Waals surface area (Å²) in [5.41, 5.74) is 0.741. The number of aromatic amines is 1. The number of morpholine rings is 1. The Morgan fingerprint density at radius 3 is 2.78 bits per heavy atom. The zero-order valence-corrected chi connectivity index (χ0v) is 15.7. The van der Waals surface area contributed by atoms with Crippen LogP contribution >= 0.6 is 0 Å². The summed E-state index contributed by atoms with van der Waals surface area (Å²) in [5.74, 6) is 0.246. The Labute approximate surface area is 158 Å². The van der Waals surface area contributed by atoms with Crippen molar-refractivity contribution in [2.45, 2.75) is 38.5 Å². The summed E-state index contributed by atoms with van der Waals surface area (Å²) < 4.78 is 7.34. The summed E-state index contributed by atoms with van der Waals surface area (Å²) in [5, 5.41) is 5.98. The second kappa shape index (κ2) is 7.32. The molecular weight excluding hydrogens is 344 g/mol. The fourth-order valence-corrected chi connectivity index (χ4v) is 3.95. The van der Waals surface area contributed by atoms with Gasteiger partial charge in [0, 0.05) is 31.2 Å². The average molecular weight is 370 g/mol. The van der Waals surface area contributed by atoms with Crippen molar-refractivity contribution in [2.24, 2.45) is 5.92 Å². The molecule has 2 aromatic rings. The van der Waals surface area contributed by atoms with Crippen LogP contribution in [0.4, 0.5) is 0 Å². The van der Waals surface area contributed by atoms with Gasteiger partial charge in [-0.15, -0.1) is 0 Å². The van der Waals surface area contributed by atoms with Gasteiger partial charge >= 0.3 is 0 Å². The van der Waals surface area contributed by atoms with Crippen LogP contribution in [0, 0.1) is 5.92 Å². The van der Waals surface area contributed by atoms with Gasteiger partial charge in [0.2, 0.25) is 0 Å². The van der Waals surface area contributed by atoms with Gasteiger partial charge in [0.15, 0.2) is 0 Å². The molecule has 7 nitrogen and oxygen atoms in total. The van der Waals surface area contributed by atoms with Crippen molar-refractivity contribution in [3.8, 4) is 5.69 Å². The molecule has 144 valence electrons. The van der Waals surface area contributed by atoms with Crippen LogP contribution in [0.15, 0.2) is 41.2 Å². The standard InChI is InChI=1S/C20H26N4O3/c1-13(2)18-11-23-10-14(8-16(23)12-27-18)21-20(26)17-9-19(25)24(22-17)15-6-4-3-5-7-15/h3-7,9,13-14,16,18,22H,8,10-12H2,1-2H3,(H,21,26)/t14-,16-,18+/m0/s1. The molecule has 1 aromatic carbocycles. The number of carbonyl (C=O) groups is 1. The Hall–Kier alpha value is -2.38. The molecule has 3 heterocycles. The first-order valence-corrected chi connectivity index (χ1v) is 9.55. The minimum atomic E-state index is -0.247. The molecule has 1 aromatic heterocycles. The zero-order valence-electron chi connectivity index (χ0n) is 15.7. The third kappa shape index (κ3) is 3.70. The molecule has 1 amide bonds. The topological polar surface area (TPSA) is 79.4 Å². The Morgan fingerprint density at radius 1 is 1.26 bits per heavy atom. The van der Waals surface area contributed by atoms with E-state index < -0.39 is 0 Å². The third-order valence-corrected chi connectivity index (χ3v) is 5.50. The molecular formula is C20H26N4O3. The number of para-hydroxylation sites is 1. The highest BCUT2D eigenvalue weighted by atomic mass is 16.5. The Kier molecular flexibility index (Phi) is 4.88. The fraction of sp³-hybridized carbons (Fsp3) is 0.500. The van der Waals surface area contributed by atoms with Gasteiger partial charge in [-0.3, -0.25) is 19.6 Å². The predicted octanol–water partition coefficient (Wildman–Crippen LogP) is 1.39. The van der Waals surface area contributed by atoms with Gasteiger partial charge < -0.3 is 10.1 Å². The normalized spacial score (nSPS) is 25.5. The highest BCUT2D eigenvalue weighted by molar-refractivity contribution is 5.92. The van der Waals surface area contributed by atoms with Crippen molar-refractivity contribution in [2.75, 3.05) is 19.7 Å². The van der Waals surface area contributed by atoms with E-state index in [-0.39, 0.29) is 29.3 Å². The summed E-state index contributed by atoms with van der Waals surface area (Å²) in [4.78, 5) is 27.3. The van der Waals surface area contributed by atoms with Gasteiger partial charge in [-0.1, -0.05) is 32.0 Å². The van der Waals surface area contributed by atoms with Gasteiger partial charge in [0.1, 0.15) is 5.69 Å². The number of benzene rings is 1. The molecule has 7 heteroatoms. The van der Waals surface area contributed by atoms with Crippen LogP contribution in [0.1, 0.15) is 30.8 Å². The SMILES string of the molecule is CC(C)[C@H]1CN2C[C@@H](NC(=O)c3cc(=O)n(-c4ccccc4)[nH]3)C[C@H]2CO1. The van der Waals surface area contributed by atoms with E-state index >= 15 is 0 Å². The Balaban J connectivity index is 1.41. The maximum absolute atomic E-state index is 12.6. The van der Waals surface area contributed by atoms with Gasteiger partial charge in [0.05, 0.1) is 18.4 Å². The van der Waals surface area contributed by atoms with Crippen molar-refractivity contribution >= 4 is 5.91 Å². The van der Waals surface area contributed by atoms with Gasteiger partial charge in [0.25, 0.3) is 11.5 Å². The van der Waals surface area contributed by atoms with E-state index in [0.29, 0.717) is 17.6 Å².